The first-order valence-corrected chi connectivity index (χ1v) is 5.89. The van der Waals surface area contributed by atoms with E-state index >= 15 is 0 Å². The third kappa shape index (κ3) is 3.20. The highest BCUT2D eigenvalue weighted by Gasteiger charge is 2.27. The lowest BCUT2D eigenvalue weighted by Crippen LogP contribution is -2.24. The fourth-order valence-corrected chi connectivity index (χ4v) is 2.15. The van der Waals surface area contributed by atoms with Gasteiger partial charge in [0.05, 0.1) is 7.11 Å². The van der Waals surface area contributed by atoms with Crippen LogP contribution in [0.25, 0.3) is 0 Å². The summed E-state index contributed by atoms with van der Waals surface area (Å²) in [5.74, 6) is -0.373. The average Bonchev–Trinajstić information content (AvgIpc) is 2.31. The van der Waals surface area contributed by atoms with Crippen LogP contribution in [0.4, 0.5) is 0 Å². The van der Waals surface area contributed by atoms with Crippen molar-refractivity contribution in [3.05, 3.63) is 34.9 Å². The van der Waals surface area contributed by atoms with Crippen LogP contribution < -0.4 is 0 Å². The number of benzene rings is 1. The first-order chi connectivity index (χ1) is 7.60. The van der Waals surface area contributed by atoms with Crippen molar-refractivity contribution < 1.29 is 14.3 Å². The maximum absolute atomic E-state index is 11.4. The minimum atomic E-state index is -0.538. The van der Waals surface area contributed by atoms with Gasteiger partial charge in [0.15, 0.2) is 0 Å². The van der Waals surface area contributed by atoms with Crippen molar-refractivity contribution in [1.82, 2.24) is 0 Å². The molecule has 1 aromatic carbocycles. The topological polar surface area (TPSA) is 35.5 Å². The summed E-state index contributed by atoms with van der Waals surface area (Å²) in [6.45, 7) is 0. The van der Waals surface area contributed by atoms with Crippen molar-refractivity contribution in [1.29, 1.82) is 0 Å². The second-order valence-electron chi connectivity index (χ2n) is 3.13. The average molecular weight is 308 g/mol. The molecule has 1 aromatic rings. The SMILES string of the molecule is COC(=O)[C@@H](Br)[C@@H](OC)c1ccc(Cl)cc1. The molecule has 0 unspecified atom stereocenters. The van der Waals surface area contributed by atoms with E-state index in [1.54, 1.807) is 12.1 Å². The molecule has 16 heavy (non-hydrogen) atoms. The maximum Gasteiger partial charge on any atom is 0.322 e. The standard InChI is InChI=1S/C11H12BrClO3/c1-15-10(9(12)11(14)16-2)7-3-5-8(13)6-4-7/h3-6,9-10H,1-2H3/t9-,10-/m0/s1. The smallest absolute Gasteiger partial charge is 0.322 e. The largest absolute Gasteiger partial charge is 0.468 e. The zero-order valence-corrected chi connectivity index (χ0v) is 11.3. The molecule has 0 spiro atoms. The molecular formula is C11H12BrClO3. The zero-order chi connectivity index (χ0) is 12.1. The summed E-state index contributed by atoms with van der Waals surface area (Å²) < 4.78 is 9.92. The van der Waals surface area contributed by atoms with E-state index in [9.17, 15) is 4.79 Å². The number of carbonyl (C=O) groups is 1. The molecule has 0 heterocycles. The van der Waals surface area contributed by atoms with Crippen LogP contribution in [0.3, 0.4) is 0 Å². The van der Waals surface area contributed by atoms with Crippen LogP contribution in [0, 0.1) is 0 Å². The Bertz CT molecular complexity index is 353. The van der Waals surface area contributed by atoms with Gasteiger partial charge in [0.25, 0.3) is 0 Å². The summed E-state index contributed by atoms with van der Waals surface area (Å²) in [4.78, 5) is 10.8. The first kappa shape index (κ1) is 13.5. The van der Waals surface area contributed by atoms with Crippen molar-refractivity contribution in [2.75, 3.05) is 14.2 Å². The second kappa shape index (κ2) is 6.23. The Balaban J connectivity index is 2.89. The van der Waals surface area contributed by atoms with Crippen LogP contribution >= 0.6 is 27.5 Å². The highest BCUT2D eigenvalue weighted by Crippen LogP contribution is 2.27. The minimum Gasteiger partial charge on any atom is -0.468 e. The van der Waals surface area contributed by atoms with E-state index < -0.39 is 10.9 Å². The molecule has 88 valence electrons. The number of rotatable bonds is 4. The number of carbonyl (C=O) groups excluding carboxylic acids is 1. The third-order valence-corrected chi connectivity index (χ3v) is 3.25. The highest BCUT2D eigenvalue weighted by molar-refractivity contribution is 9.10. The molecule has 0 saturated carbocycles. The maximum atomic E-state index is 11.4. The molecule has 0 fully saturated rings. The Kier molecular flexibility index (Phi) is 5.25. The first-order valence-electron chi connectivity index (χ1n) is 4.60. The Morgan fingerprint density at radius 1 is 1.31 bits per heavy atom. The lowest BCUT2D eigenvalue weighted by atomic mass is 10.1. The van der Waals surface area contributed by atoms with E-state index in [1.165, 1.54) is 14.2 Å². The van der Waals surface area contributed by atoms with Gasteiger partial charge in [0.2, 0.25) is 0 Å². The number of esters is 1. The van der Waals surface area contributed by atoms with Crippen molar-refractivity contribution in [3.8, 4) is 0 Å². The quantitative estimate of drug-likeness (QED) is 0.634. The minimum absolute atomic E-state index is 0.373. The number of halogens is 2. The highest BCUT2D eigenvalue weighted by atomic mass is 79.9. The van der Waals surface area contributed by atoms with Crippen molar-refractivity contribution in [2.24, 2.45) is 0 Å². The van der Waals surface area contributed by atoms with Crippen LogP contribution in [0.2, 0.25) is 5.02 Å². The molecule has 0 aliphatic rings. The Hall–Kier alpha value is -0.580. The predicted octanol–water partition coefficient (Wildman–Crippen LogP) is 2.96. The second-order valence-corrected chi connectivity index (χ2v) is 4.56. The van der Waals surface area contributed by atoms with Gasteiger partial charge in [-0.05, 0) is 17.7 Å². The lowest BCUT2D eigenvalue weighted by molar-refractivity contribution is -0.142. The molecule has 0 aliphatic heterocycles. The van der Waals surface area contributed by atoms with E-state index in [4.69, 9.17) is 16.3 Å². The summed E-state index contributed by atoms with van der Waals surface area (Å²) in [7, 11) is 2.88. The van der Waals surface area contributed by atoms with Crippen molar-refractivity contribution in [2.45, 2.75) is 10.9 Å². The normalized spacial score (nSPS) is 14.2. The van der Waals surface area contributed by atoms with Gasteiger partial charge in [0, 0.05) is 12.1 Å². The summed E-state index contributed by atoms with van der Waals surface area (Å²) in [5, 5.41) is 0.641. The fraction of sp³-hybridized carbons (Fsp3) is 0.364. The van der Waals surface area contributed by atoms with Gasteiger partial charge in [-0.2, -0.15) is 0 Å². The van der Waals surface area contributed by atoms with Gasteiger partial charge in [0.1, 0.15) is 10.9 Å². The van der Waals surface area contributed by atoms with Crippen molar-refractivity contribution >= 4 is 33.5 Å². The van der Waals surface area contributed by atoms with Gasteiger partial charge in [-0.3, -0.25) is 4.79 Å². The molecule has 0 radical (unpaired) electrons. The molecule has 0 aliphatic carbocycles. The van der Waals surface area contributed by atoms with Gasteiger partial charge < -0.3 is 9.47 Å². The van der Waals surface area contributed by atoms with Gasteiger partial charge in [-0.15, -0.1) is 0 Å². The molecule has 0 bridgehead atoms. The number of ether oxygens (including phenoxy) is 2. The monoisotopic (exact) mass is 306 g/mol. The van der Waals surface area contributed by atoms with Gasteiger partial charge in [-0.1, -0.05) is 39.7 Å². The molecule has 2 atom stereocenters. The molecule has 0 N–H and O–H groups in total. The number of hydrogen-bond donors (Lipinski definition) is 0. The summed E-state index contributed by atoms with van der Waals surface area (Å²) in [5.41, 5.74) is 0.860. The molecular weight excluding hydrogens is 295 g/mol. The van der Waals surface area contributed by atoms with E-state index in [-0.39, 0.29) is 5.97 Å². The summed E-state index contributed by atoms with van der Waals surface area (Å²) in [6, 6.07) is 7.13. The van der Waals surface area contributed by atoms with Crippen LogP contribution in [0.1, 0.15) is 11.7 Å². The van der Waals surface area contributed by atoms with Crippen molar-refractivity contribution in [3.63, 3.8) is 0 Å². The van der Waals surface area contributed by atoms with Crippen LogP contribution in [-0.4, -0.2) is 25.0 Å². The lowest BCUT2D eigenvalue weighted by Gasteiger charge is -2.19. The molecule has 1 rings (SSSR count). The molecule has 0 saturated heterocycles. The van der Waals surface area contributed by atoms with Crippen LogP contribution in [0.5, 0.6) is 0 Å². The number of methoxy groups -OCH3 is 2. The van der Waals surface area contributed by atoms with E-state index in [2.05, 4.69) is 20.7 Å². The summed E-state index contributed by atoms with van der Waals surface area (Å²) >= 11 is 9.04. The van der Waals surface area contributed by atoms with Crippen LogP contribution in [-0.2, 0) is 14.3 Å². The van der Waals surface area contributed by atoms with Crippen LogP contribution in [0.15, 0.2) is 24.3 Å². The Morgan fingerprint density at radius 3 is 2.31 bits per heavy atom. The summed E-state index contributed by atoms with van der Waals surface area (Å²) in [6.07, 6.45) is -0.398. The van der Waals surface area contributed by atoms with Gasteiger partial charge >= 0.3 is 5.97 Å². The van der Waals surface area contributed by atoms with E-state index in [1.807, 2.05) is 12.1 Å². The Labute approximate surface area is 108 Å². The number of hydrogen-bond acceptors (Lipinski definition) is 3. The predicted molar refractivity (Wildman–Crippen MR) is 65.9 cm³/mol. The third-order valence-electron chi connectivity index (χ3n) is 2.14. The fourth-order valence-electron chi connectivity index (χ4n) is 1.31. The van der Waals surface area contributed by atoms with E-state index in [0.29, 0.717) is 5.02 Å². The molecule has 0 aromatic heterocycles. The molecule has 0 amide bonds. The van der Waals surface area contributed by atoms with Gasteiger partial charge in [-0.25, -0.2) is 0 Å². The Morgan fingerprint density at radius 2 is 1.88 bits per heavy atom. The molecule has 3 nitrogen and oxygen atoms in total. The molecule has 5 heteroatoms. The number of alkyl halides is 1. The zero-order valence-electron chi connectivity index (χ0n) is 8.94. The van der Waals surface area contributed by atoms with E-state index in [0.717, 1.165) is 5.56 Å².